The minimum absolute atomic E-state index is 0.536. The fraction of sp³-hybridized carbons (Fsp3) is 0.562. The molecule has 0 spiro atoms. The van der Waals surface area contributed by atoms with Gasteiger partial charge in [-0.3, -0.25) is 4.98 Å². The van der Waals surface area contributed by atoms with E-state index in [0.717, 1.165) is 13.0 Å². The van der Waals surface area contributed by atoms with E-state index in [-0.39, 0.29) is 0 Å². The summed E-state index contributed by atoms with van der Waals surface area (Å²) >= 11 is 0. The Morgan fingerprint density at radius 1 is 1.28 bits per heavy atom. The lowest BCUT2D eigenvalue weighted by molar-refractivity contribution is 0.500. The third-order valence-electron chi connectivity index (χ3n) is 3.57. The molecule has 0 bridgehead atoms. The molecule has 1 heterocycles. The molecule has 1 unspecified atom stereocenters. The first-order valence-electron chi connectivity index (χ1n) is 7.19. The number of rotatable bonds is 6. The van der Waals surface area contributed by atoms with Gasteiger partial charge in [-0.2, -0.15) is 0 Å². The Morgan fingerprint density at radius 2 is 2.22 bits per heavy atom. The average molecular weight is 244 g/mol. The Balaban J connectivity index is 1.93. The summed E-state index contributed by atoms with van der Waals surface area (Å²) < 4.78 is 0. The van der Waals surface area contributed by atoms with Crippen molar-refractivity contribution in [2.45, 2.75) is 51.5 Å². The SMILES string of the molecule is CCNC(CC1=CCCCC1)Cc1ccccn1. The Labute approximate surface area is 111 Å². The second-order valence-corrected chi connectivity index (χ2v) is 5.09. The predicted molar refractivity (Wildman–Crippen MR) is 76.6 cm³/mol. The summed E-state index contributed by atoms with van der Waals surface area (Å²) in [5.74, 6) is 0. The van der Waals surface area contributed by atoms with Crippen LogP contribution in [0.25, 0.3) is 0 Å². The van der Waals surface area contributed by atoms with Gasteiger partial charge in [0.2, 0.25) is 0 Å². The normalized spacial score (nSPS) is 17.3. The fourth-order valence-corrected chi connectivity index (χ4v) is 2.68. The summed E-state index contributed by atoms with van der Waals surface area (Å²) in [6.45, 7) is 3.21. The summed E-state index contributed by atoms with van der Waals surface area (Å²) in [6.07, 6.45) is 11.9. The molecule has 98 valence electrons. The molecule has 1 aromatic heterocycles. The maximum Gasteiger partial charge on any atom is 0.0419 e. The number of nitrogens with zero attached hydrogens (tertiary/aromatic N) is 1. The third kappa shape index (κ3) is 4.26. The zero-order valence-corrected chi connectivity index (χ0v) is 11.4. The molecule has 1 aliphatic carbocycles. The molecule has 0 aliphatic heterocycles. The van der Waals surface area contributed by atoms with Gasteiger partial charge in [-0.1, -0.05) is 24.6 Å². The summed E-state index contributed by atoms with van der Waals surface area (Å²) in [6, 6.07) is 6.72. The minimum Gasteiger partial charge on any atom is -0.314 e. The summed E-state index contributed by atoms with van der Waals surface area (Å²) in [5, 5.41) is 3.60. The number of pyridine rings is 1. The highest BCUT2D eigenvalue weighted by molar-refractivity contribution is 5.10. The first-order valence-corrected chi connectivity index (χ1v) is 7.19. The van der Waals surface area contributed by atoms with E-state index in [0.29, 0.717) is 6.04 Å². The number of aromatic nitrogens is 1. The van der Waals surface area contributed by atoms with Crippen molar-refractivity contribution in [3.63, 3.8) is 0 Å². The molecule has 0 aromatic carbocycles. The van der Waals surface area contributed by atoms with Crippen LogP contribution >= 0.6 is 0 Å². The van der Waals surface area contributed by atoms with Crippen LogP contribution in [0.2, 0.25) is 0 Å². The second kappa shape index (κ2) is 7.32. The minimum atomic E-state index is 0.536. The number of allylic oxidation sites excluding steroid dienone is 1. The van der Waals surface area contributed by atoms with E-state index in [1.54, 1.807) is 5.57 Å². The van der Waals surface area contributed by atoms with Gasteiger partial charge in [0.05, 0.1) is 0 Å². The first kappa shape index (κ1) is 13.3. The molecule has 2 rings (SSSR count). The van der Waals surface area contributed by atoms with Crippen LogP contribution < -0.4 is 5.32 Å². The van der Waals surface area contributed by atoms with Crippen molar-refractivity contribution in [2.24, 2.45) is 0 Å². The molecule has 0 fully saturated rings. The van der Waals surface area contributed by atoms with Gasteiger partial charge in [0.15, 0.2) is 0 Å². The highest BCUT2D eigenvalue weighted by Gasteiger charge is 2.13. The van der Waals surface area contributed by atoms with Crippen LogP contribution in [0, 0.1) is 0 Å². The number of likely N-dealkylation sites (N-methyl/N-ethyl adjacent to an activating group) is 1. The van der Waals surface area contributed by atoms with Gasteiger partial charge >= 0.3 is 0 Å². The first-order chi connectivity index (χ1) is 8.88. The average Bonchev–Trinajstić information content (AvgIpc) is 2.41. The lowest BCUT2D eigenvalue weighted by Crippen LogP contribution is -2.31. The van der Waals surface area contributed by atoms with E-state index in [1.807, 2.05) is 12.3 Å². The van der Waals surface area contributed by atoms with E-state index in [1.165, 1.54) is 37.8 Å². The molecular formula is C16H24N2. The molecule has 18 heavy (non-hydrogen) atoms. The zero-order chi connectivity index (χ0) is 12.6. The van der Waals surface area contributed by atoms with Crippen LogP contribution in [0.3, 0.4) is 0 Å². The lowest BCUT2D eigenvalue weighted by Gasteiger charge is -2.21. The highest BCUT2D eigenvalue weighted by Crippen LogP contribution is 2.22. The second-order valence-electron chi connectivity index (χ2n) is 5.09. The summed E-state index contributed by atoms with van der Waals surface area (Å²) in [7, 11) is 0. The number of hydrogen-bond donors (Lipinski definition) is 1. The Bertz CT molecular complexity index is 370. The van der Waals surface area contributed by atoms with Crippen LogP contribution in [0.15, 0.2) is 36.0 Å². The van der Waals surface area contributed by atoms with Crippen LogP contribution in [0.1, 0.15) is 44.7 Å². The van der Waals surface area contributed by atoms with Gasteiger partial charge in [-0.05, 0) is 50.8 Å². The molecule has 1 N–H and O–H groups in total. The Morgan fingerprint density at radius 3 is 2.89 bits per heavy atom. The third-order valence-corrected chi connectivity index (χ3v) is 3.57. The fourth-order valence-electron chi connectivity index (χ4n) is 2.68. The molecule has 0 saturated carbocycles. The van der Waals surface area contributed by atoms with Crippen molar-refractivity contribution in [2.75, 3.05) is 6.54 Å². The van der Waals surface area contributed by atoms with Crippen molar-refractivity contribution >= 4 is 0 Å². The van der Waals surface area contributed by atoms with Crippen molar-refractivity contribution in [1.29, 1.82) is 0 Å². The van der Waals surface area contributed by atoms with E-state index >= 15 is 0 Å². The predicted octanol–water partition coefficient (Wildman–Crippen LogP) is 3.49. The molecule has 0 amide bonds. The lowest BCUT2D eigenvalue weighted by atomic mass is 9.92. The molecule has 0 saturated heterocycles. The maximum absolute atomic E-state index is 4.43. The van der Waals surface area contributed by atoms with E-state index in [9.17, 15) is 0 Å². The monoisotopic (exact) mass is 244 g/mol. The molecule has 0 radical (unpaired) electrons. The number of hydrogen-bond acceptors (Lipinski definition) is 2. The zero-order valence-electron chi connectivity index (χ0n) is 11.4. The van der Waals surface area contributed by atoms with Gasteiger partial charge in [0, 0.05) is 24.4 Å². The molecule has 1 aliphatic rings. The van der Waals surface area contributed by atoms with Crippen molar-refractivity contribution < 1.29 is 0 Å². The Kier molecular flexibility index (Phi) is 5.40. The van der Waals surface area contributed by atoms with Gasteiger partial charge in [0.1, 0.15) is 0 Å². The van der Waals surface area contributed by atoms with Crippen molar-refractivity contribution in [3.8, 4) is 0 Å². The van der Waals surface area contributed by atoms with Gasteiger partial charge in [-0.25, -0.2) is 0 Å². The van der Waals surface area contributed by atoms with E-state index in [2.05, 4.69) is 35.4 Å². The maximum atomic E-state index is 4.43. The molecule has 1 aromatic rings. The van der Waals surface area contributed by atoms with E-state index in [4.69, 9.17) is 0 Å². The van der Waals surface area contributed by atoms with Crippen LogP contribution in [-0.4, -0.2) is 17.6 Å². The molecule has 1 atom stereocenters. The quantitative estimate of drug-likeness (QED) is 0.775. The number of nitrogens with one attached hydrogen (secondary N) is 1. The highest BCUT2D eigenvalue weighted by atomic mass is 14.9. The van der Waals surface area contributed by atoms with Crippen molar-refractivity contribution in [1.82, 2.24) is 10.3 Å². The Hall–Kier alpha value is -1.15. The van der Waals surface area contributed by atoms with Crippen LogP contribution in [-0.2, 0) is 6.42 Å². The summed E-state index contributed by atoms with van der Waals surface area (Å²) in [4.78, 5) is 4.43. The smallest absolute Gasteiger partial charge is 0.0419 e. The molecule has 2 heteroatoms. The van der Waals surface area contributed by atoms with Gasteiger partial charge in [-0.15, -0.1) is 0 Å². The van der Waals surface area contributed by atoms with Crippen LogP contribution in [0.4, 0.5) is 0 Å². The topological polar surface area (TPSA) is 24.9 Å². The van der Waals surface area contributed by atoms with Crippen LogP contribution in [0.5, 0.6) is 0 Å². The molecular weight excluding hydrogens is 220 g/mol. The largest absolute Gasteiger partial charge is 0.314 e. The van der Waals surface area contributed by atoms with E-state index < -0.39 is 0 Å². The summed E-state index contributed by atoms with van der Waals surface area (Å²) in [5.41, 5.74) is 2.84. The molecule has 2 nitrogen and oxygen atoms in total. The van der Waals surface area contributed by atoms with Crippen molar-refractivity contribution in [3.05, 3.63) is 41.7 Å². The van der Waals surface area contributed by atoms with Gasteiger partial charge < -0.3 is 5.32 Å². The standard InChI is InChI=1S/C16H24N2/c1-2-17-16(12-14-8-4-3-5-9-14)13-15-10-6-7-11-18-15/h6-8,10-11,16-17H,2-5,9,12-13H2,1H3. The van der Waals surface area contributed by atoms with Gasteiger partial charge in [0.25, 0.3) is 0 Å².